The van der Waals surface area contributed by atoms with Gasteiger partial charge in [-0.25, -0.2) is 4.98 Å². The monoisotopic (exact) mass is 628 g/mol. The van der Waals surface area contributed by atoms with E-state index in [1.165, 1.54) is 0 Å². The molecule has 49 heavy (non-hydrogen) atoms. The highest BCUT2D eigenvalue weighted by atomic mass is 16.3. The molecule has 0 aliphatic carbocycles. The average molecular weight is 629 g/mol. The van der Waals surface area contributed by atoms with Crippen LogP contribution in [0.4, 0.5) is 0 Å². The second-order valence-corrected chi connectivity index (χ2v) is 12.4. The van der Waals surface area contributed by atoms with Gasteiger partial charge < -0.3 is 8.83 Å². The fourth-order valence-electron chi connectivity index (χ4n) is 7.45. The van der Waals surface area contributed by atoms with Crippen LogP contribution < -0.4 is 0 Å². The summed E-state index contributed by atoms with van der Waals surface area (Å²) >= 11 is 0. The van der Waals surface area contributed by atoms with Crippen LogP contribution in [0.25, 0.3) is 105 Å². The second kappa shape index (κ2) is 9.86. The average Bonchev–Trinajstić information content (AvgIpc) is 3.84. The van der Waals surface area contributed by atoms with Gasteiger partial charge in [0.15, 0.2) is 11.6 Å². The minimum absolute atomic E-state index is 0.543. The van der Waals surface area contributed by atoms with Crippen molar-refractivity contribution < 1.29 is 8.83 Å². The van der Waals surface area contributed by atoms with E-state index in [0.29, 0.717) is 17.6 Å². The van der Waals surface area contributed by atoms with Gasteiger partial charge in [0.2, 0.25) is 5.95 Å². The first kappa shape index (κ1) is 26.3. The highest BCUT2D eigenvalue weighted by Crippen LogP contribution is 2.41. The van der Waals surface area contributed by atoms with Crippen LogP contribution in [0.3, 0.4) is 0 Å². The molecule has 0 amide bonds. The number of furan rings is 2. The Labute approximate surface area is 278 Å². The molecule has 0 unspecified atom stereocenters. The fraction of sp³-hybridized carbons (Fsp3) is 0. The largest absolute Gasteiger partial charge is 0.456 e. The summed E-state index contributed by atoms with van der Waals surface area (Å²) in [5, 5.41) is 8.73. The van der Waals surface area contributed by atoms with Crippen LogP contribution in [-0.4, -0.2) is 19.5 Å². The molecule has 0 N–H and O–H groups in total. The summed E-state index contributed by atoms with van der Waals surface area (Å²) in [5.41, 5.74) is 7.27. The lowest BCUT2D eigenvalue weighted by molar-refractivity contribution is 0.669. The van der Waals surface area contributed by atoms with Crippen LogP contribution in [0.15, 0.2) is 154 Å². The molecule has 4 aromatic heterocycles. The molecule has 6 heteroatoms. The Kier molecular flexibility index (Phi) is 5.29. The molecule has 0 aliphatic rings. The zero-order chi connectivity index (χ0) is 32.1. The Bertz CT molecular complexity index is 3120. The predicted octanol–water partition coefficient (Wildman–Crippen LogP) is 11.3. The van der Waals surface area contributed by atoms with E-state index >= 15 is 0 Å². The van der Waals surface area contributed by atoms with Crippen molar-refractivity contribution in [2.24, 2.45) is 0 Å². The summed E-state index contributed by atoms with van der Waals surface area (Å²) in [4.78, 5) is 15.4. The summed E-state index contributed by atoms with van der Waals surface area (Å²) in [7, 11) is 0. The van der Waals surface area contributed by atoms with E-state index in [2.05, 4.69) is 89.5 Å². The van der Waals surface area contributed by atoms with E-state index < -0.39 is 0 Å². The van der Waals surface area contributed by atoms with Crippen LogP contribution in [0.5, 0.6) is 0 Å². The highest BCUT2D eigenvalue weighted by molar-refractivity contribution is 6.24. The van der Waals surface area contributed by atoms with Gasteiger partial charge >= 0.3 is 0 Å². The van der Waals surface area contributed by atoms with E-state index in [4.69, 9.17) is 23.8 Å². The Balaban J connectivity index is 1.18. The number of rotatable bonds is 3. The lowest BCUT2D eigenvalue weighted by Crippen LogP contribution is -2.06. The maximum atomic E-state index is 6.53. The molecule has 6 nitrogen and oxygen atoms in total. The van der Waals surface area contributed by atoms with Gasteiger partial charge in [-0.15, -0.1) is 0 Å². The van der Waals surface area contributed by atoms with E-state index in [9.17, 15) is 0 Å². The van der Waals surface area contributed by atoms with Gasteiger partial charge in [0.25, 0.3) is 0 Å². The first-order valence-electron chi connectivity index (χ1n) is 16.3. The molecule has 228 valence electrons. The van der Waals surface area contributed by atoms with E-state index in [1.54, 1.807) is 0 Å². The molecular formula is C43H24N4O2. The number of hydrogen-bond acceptors (Lipinski definition) is 5. The molecular weight excluding hydrogens is 604 g/mol. The molecule has 4 heterocycles. The molecule has 0 saturated heterocycles. The van der Waals surface area contributed by atoms with Crippen LogP contribution >= 0.6 is 0 Å². The zero-order valence-corrected chi connectivity index (χ0v) is 26.0. The van der Waals surface area contributed by atoms with Gasteiger partial charge in [0.05, 0.1) is 16.4 Å². The van der Waals surface area contributed by atoms with Crippen LogP contribution in [0, 0.1) is 0 Å². The van der Waals surface area contributed by atoms with Crippen molar-refractivity contribution in [2.45, 2.75) is 0 Å². The molecule has 0 bridgehead atoms. The number of hydrogen-bond donors (Lipinski definition) is 0. The number of para-hydroxylation sites is 3. The van der Waals surface area contributed by atoms with Crippen molar-refractivity contribution in [3.05, 3.63) is 146 Å². The van der Waals surface area contributed by atoms with Crippen molar-refractivity contribution in [1.29, 1.82) is 0 Å². The van der Waals surface area contributed by atoms with E-state index in [0.717, 1.165) is 87.6 Å². The number of aromatic nitrogens is 4. The first-order chi connectivity index (χ1) is 24.3. The standard InChI is InChI=1S/C43H24N4O2/c1-2-10-25(11-3-1)41-44-42(27-18-20-28-26(24-27)19-23-37-38(28)32-14-6-9-17-36(32)48-37)46-43(45-41)47-33-15-7-4-13-31(33)39-34(47)22-21-30-29-12-5-8-16-35(29)49-40(30)39/h1-24H. The topological polar surface area (TPSA) is 69.9 Å². The Morgan fingerprint density at radius 1 is 0.408 bits per heavy atom. The fourth-order valence-corrected chi connectivity index (χ4v) is 7.45. The van der Waals surface area contributed by atoms with Crippen LogP contribution in [0.1, 0.15) is 0 Å². The van der Waals surface area contributed by atoms with E-state index in [1.807, 2.05) is 60.7 Å². The summed E-state index contributed by atoms with van der Waals surface area (Å²) in [6.07, 6.45) is 0. The molecule has 0 atom stereocenters. The predicted molar refractivity (Wildman–Crippen MR) is 197 cm³/mol. The first-order valence-corrected chi connectivity index (χ1v) is 16.3. The number of fused-ring (bicyclic) bond motifs is 12. The SMILES string of the molecule is c1ccc(-c2nc(-c3ccc4c(ccc5oc6ccccc6c54)c3)nc(-n3c4ccccc4c4c5oc6ccccc6c5ccc43)n2)cc1. The number of nitrogens with zero attached hydrogens (tertiary/aromatic N) is 4. The Morgan fingerprint density at radius 3 is 1.96 bits per heavy atom. The zero-order valence-electron chi connectivity index (χ0n) is 26.0. The minimum atomic E-state index is 0.543. The Morgan fingerprint density at radius 2 is 1.10 bits per heavy atom. The van der Waals surface area contributed by atoms with Gasteiger partial charge in [0, 0.05) is 38.1 Å². The highest BCUT2D eigenvalue weighted by Gasteiger charge is 2.21. The summed E-state index contributed by atoms with van der Waals surface area (Å²) < 4.78 is 14.8. The molecule has 7 aromatic carbocycles. The molecule has 0 aliphatic heterocycles. The van der Waals surface area contributed by atoms with Gasteiger partial charge in [-0.2, -0.15) is 9.97 Å². The van der Waals surface area contributed by atoms with Crippen molar-refractivity contribution in [3.63, 3.8) is 0 Å². The molecule has 11 rings (SSSR count). The quantitative estimate of drug-likeness (QED) is 0.195. The number of benzene rings is 7. The van der Waals surface area contributed by atoms with Crippen molar-refractivity contribution >= 4 is 76.5 Å². The lowest BCUT2D eigenvalue weighted by Gasteiger charge is -2.11. The van der Waals surface area contributed by atoms with E-state index in [-0.39, 0.29) is 0 Å². The van der Waals surface area contributed by atoms with Crippen molar-refractivity contribution in [2.75, 3.05) is 0 Å². The van der Waals surface area contributed by atoms with Gasteiger partial charge in [-0.05, 0) is 53.2 Å². The van der Waals surface area contributed by atoms with Crippen molar-refractivity contribution in [1.82, 2.24) is 19.5 Å². The molecule has 0 radical (unpaired) electrons. The third-order valence-electron chi connectivity index (χ3n) is 9.65. The Hall–Kier alpha value is -6.79. The molecule has 0 saturated carbocycles. The molecule has 0 fully saturated rings. The molecule has 0 spiro atoms. The third kappa shape index (κ3) is 3.79. The summed E-state index contributed by atoms with van der Waals surface area (Å²) in [6.45, 7) is 0. The lowest BCUT2D eigenvalue weighted by atomic mass is 10.0. The normalized spacial score (nSPS) is 12.1. The van der Waals surface area contributed by atoms with Crippen LogP contribution in [-0.2, 0) is 0 Å². The van der Waals surface area contributed by atoms with Crippen molar-refractivity contribution in [3.8, 4) is 28.7 Å². The summed E-state index contributed by atoms with van der Waals surface area (Å²) in [6, 6.07) is 49.7. The maximum Gasteiger partial charge on any atom is 0.238 e. The van der Waals surface area contributed by atoms with Crippen LogP contribution in [0.2, 0.25) is 0 Å². The smallest absolute Gasteiger partial charge is 0.238 e. The summed E-state index contributed by atoms with van der Waals surface area (Å²) in [5.74, 6) is 1.74. The maximum absolute atomic E-state index is 6.53. The van der Waals surface area contributed by atoms with Gasteiger partial charge in [-0.3, -0.25) is 4.57 Å². The third-order valence-corrected chi connectivity index (χ3v) is 9.65. The minimum Gasteiger partial charge on any atom is -0.456 e. The second-order valence-electron chi connectivity index (χ2n) is 12.4. The molecule has 11 aromatic rings. The van der Waals surface area contributed by atoms with Gasteiger partial charge in [-0.1, -0.05) is 103 Å². The van der Waals surface area contributed by atoms with Gasteiger partial charge in [0.1, 0.15) is 22.3 Å².